The molecule has 0 saturated heterocycles. The van der Waals surface area contributed by atoms with Crippen LogP contribution in [0.1, 0.15) is 25.6 Å². The second kappa shape index (κ2) is 4.18. The monoisotopic (exact) mass is 285 g/mol. The van der Waals surface area contributed by atoms with Gasteiger partial charge in [-0.2, -0.15) is 0 Å². The fourth-order valence-electron chi connectivity index (χ4n) is 1.59. The van der Waals surface area contributed by atoms with E-state index < -0.39 is 0 Å². The van der Waals surface area contributed by atoms with Gasteiger partial charge < -0.3 is 10.2 Å². The summed E-state index contributed by atoms with van der Waals surface area (Å²) in [5.74, 6) is 0.514. The maximum Gasteiger partial charge on any atom is 0.170 e. The molecule has 2 aromatic rings. The van der Waals surface area contributed by atoms with Gasteiger partial charge in [-0.15, -0.1) is 0 Å². The molecule has 1 aromatic carbocycles. The van der Waals surface area contributed by atoms with E-state index in [0.717, 1.165) is 5.39 Å². The summed E-state index contributed by atoms with van der Waals surface area (Å²) in [6.45, 7) is 4.01. The van der Waals surface area contributed by atoms with Crippen LogP contribution in [0.15, 0.2) is 27.1 Å². The van der Waals surface area contributed by atoms with E-state index in [1.54, 1.807) is 6.07 Å². The molecule has 2 nitrogen and oxygen atoms in total. The zero-order valence-corrected chi connectivity index (χ0v) is 10.7. The Morgan fingerprint density at radius 1 is 1.31 bits per heavy atom. The molecule has 0 aliphatic carbocycles. The van der Waals surface area contributed by atoms with Gasteiger partial charge in [-0.3, -0.25) is 0 Å². The Balaban J connectivity index is 2.56. The summed E-state index contributed by atoms with van der Waals surface area (Å²) in [7, 11) is 0. The van der Waals surface area contributed by atoms with Crippen molar-refractivity contribution in [2.24, 2.45) is 11.7 Å². The van der Waals surface area contributed by atoms with Crippen LogP contribution in [0.4, 0.5) is 4.39 Å². The van der Waals surface area contributed by atoms with Gasteiger partial charge in [0.25, 0.3) is 0 Å². The molecule has 0 saturated carbocycles. The number of hydrogen-bond donors (Lipinski definition) is 1. The van der Waals surface area contributed by atoms with Crippen LogP contribution in [0.5, 0.6) is 0 Å². The molecular weight excluding hydrogens is 273 g/mol. The van der Waals surface area contributed by atoms with Crippen LogP contribution < -0.4 is 5.73 Å². The fraction of sp³-hybridized carbons (Fsp3) is 0.333. The second-order valence-corrected chi connectivity index (χ2v) is 5.14. The van der Waals surface area contributed by atoms with Crippen LogP contribution in [0.25, 0.3) is 11.0 Å². The first-order chi connectivity index (χ1) is 7.49. The Labute approximate surface area is 102 Å². The maximum absolute atomic E-state index is 13.6. The van der Waals surface area contributed by atoms with E-state index in [1.807, 2.05) is 19.9 Å². The minimum atomic E-state index is -0.369. The van der Waals surface area contributed by atoms with Crippen LogP contribution in [0.3, 0.4) is 0 Å². The topological polar surface area (TPSA) is 39.2 Å². The number of fused-ring (bicyclic) bond motifs is 1. The maximum atomic E-state index is 13.6. The normalized spacial score (nSPS) is 13.6. The molecule has 4 heteroatoms. The molecular formula is C12H13BrFNO. The van der Waals surface area contributed by atoms with Crippen molar-refractivity contribution in [1.82, 2.24) is 0 Å². The lowest BCUT2D eigenvalue weighted by Crippen LogP contribution is -2.15. The smallest absolute Gasteiger partial charge is 0.170 e. The first-order valence-corrected chi connectivity index (χ1v) is 5.92. The molecule has 86 valence electrons. The number of furan rings is 1. The number of halogens is 2. The summed E-state index contributed by atoms with van der Waals surface area (Å²) >= 11 is 3.25. The zero-order valence-electron chi connectivity index (χ0n) is 9.13. The molecule has 1 heterocycles. The van der Waals surface area contributed by atoms with Gasteiger partial charge >= 0.3 is 0 Å². The summed E-state index contributed by atoms with van der Waals surface area (Å²) in [6, 6.07) is 4.80. The molecule has 0 bridgehead atoms. The highest BCUT2D eigenvalue weighted by Gasteiger charge is 2.17. The third-order valence-corrected chi connectivity index (χ3v) is 3.06. The molecule has 0 radical (unpaired) electrons. The lowest BCUT2D eigenvalue weighted by atomic mass is 10.0. The van der Waals surface area contributed by atoms with Crippen molar-refractivity contribution in [2.75, 3.05) is 0 Å². The Bertz CT molecular complexity index is 521. The number of nitrogens with two attached hydrogens (primary N) is 1. The molecule has 1 aromatic heterocycles. The Hall–Kier alpha value is -0.870. The number of benzene rings is 1. The number of rotatable bonds is 2. The first kappa shape index (κ1) is 11.6. The first-order valence-electron chi connectivity index (χ1n) is 5.13. The van der Waals surface area contributed by atoms with Crippen LogP contribution in [0, 0.1) is 11.7 Å². The van der Waals surface area contributed by atoms with Crippen molar-refractivity contribution < 1.29 is 8.81 Å². The largest absolute Gasteiger partial charge is 0.456 e. The van der Waals surface area contributed by atoms with E-state index in [1.165, 1.54) is 6.07 Å². The minimum absolute atomic E-state index is 0.203. The standard InChI is InChI=1S/C12H13BrFNO/c1-6(2)11(15)10-4-7-3-8(13)5-9(14)12(7)16-10/h3-6,11H,15H2,1-2H3. The van der Waals surface area contributed by atoms with Gasteiger partial charge in [-0.05, 0) is 24.1 Å². The molecule has 2 rings (SSSR count). The van der Waals surface area contributed by atoms with E-state index in [0.29, 0.717) is 10.2 Å². The Kier molecular flexibility index (Phi) is 3.04. The molecule has 0 fully saturated rings. The highest BCUT2D eigenvalue weighted by atomic mass is 79.9. The molecule has 2 N–H and O–H groups in total. The highest BCUT2D eigenvalue weighted by molar-refractivity contribution is 9.10. The van der Waals surface area contributed by atoms with E-state index in [2.05, 4.69) is 15.9 Å². The van der Waals surface area contributed by atoms with E-state index in [9.17, 15) is 4.39 Å². The lowest BCUT2D eigenvalue weighted by molar-refractivity contribution is 0.413. The van der Waals surface area contributed by atoms with Gasteiger partial charge in [0.15, 0.2) is 11.4 Å². The van der Waals surface area contributed by atoms with Crippen molar-refractivity contribution in [3.8, 4) is 0 Å². The van der Waals surface area contributed by atoms with Crippen LogP contribution in [-0.4, -0.2) is 0 Å². The Morgan fingerprint density at radius 3 is 2.62 bits per heavy atom. The average molecular weight is 286 g/mol. The van der Waals surface area contributed by atoms with Crippen molar-refractivity contribution in [3.05, 3.63) is 34.2 Å². The summed E-state index contributed by atoms with van der Waals surface area (Å²) in [4.78, 5) is 0. The zero-order chi connectivity index (χ0) is 11.9. The van der Waals surface area contributed by atoms with Gasteiger partial charge in [-0.25, -0.2) is 4.39 Å². The van der Waals surface area contributed by atoms with Crippen LogP contribution in [-0.2, 0) is 0 Å². The number of hydrogen-bond acceptors (Lipinski definition) is 2. The third kappa shape index (κ3) is 1.99. The predicted molar refractivity (Wildman–Crippen MR) is 65.6 cm³/mol. The predicted octanol–water partition coefficient (Wildman–Crippen LogP) is 3.99. The molecule has 16 heavy (non-hydrogen) atoms. The Morgan fingerprint density at radius 2 is 2.00 bits per heavy atom. The lowest BCUT2D eigenvalue weighted by Gasteiger charge is -2.11. The highest BCUT2D eigenvalue weighted by Crippen LogP contribution is 2.30. The van der Waals surface area contributed by atoms with Gasteiger partial charge in [0.2, 0.25) is 0 Å². The summed E-state index contributed by atoms with van der Waals surface area (Å²) in [5, 5.41) is 0.734. The minimum Gasteiger partial charge on any atom is -0.456 e. The van der Waals surface area contributed by atoms with Crippen molar-refractivity contribution >= 4 is 26.9 Å². The van der Waals surface area contributed by atoms with Gasteiger partial charge in [0.05, 0.1) is 6.04 Å². The van der Waals surface area contributed by atoms with Crippen LogP contribution >= 0.6 is 15.9 Å². The summed E-state index contributed by atoms with van der Waals surface area (Å²) in [6.07, 6.45) is 0. The average Bonchev–Trinajstić information content (AvgIpc) is 2.60. The van der Waals surface area contributed by atoms with Gasteiger partial charge in [-0.1, -0.05) is 29.8 Å². The van der Waals surface area contributed by atoms with Gasteiger partial charge in [0.1, 0.15) is 5.76 Å². The quantitative estimate of drug-likeness (QED) is 0.906. The van der Waals surface area contributed by atoms with Crippen molar-refractivity contribution in [1.29, 1.82) is 0 Å². The molecule has 1 atom stereocenters. The van der Waals surface area contributed by atoms with Crippen molar-refractivity contribution in [2.45, 2.75) is 19.9 Å². The molecule has 0 aliphatic heterocycles. The van der Waals surface area contributed by atoms with E-state index in [4.69, 9.17) is 10.2 Å². The molecule has 0 aliphatic rings. The molecule has 0 spiro atoms. The van der Waals surface area contributed by atoms with Crippen LogP contribution in [0.2, 0.25) is 0 Å². The third-order valence-electron chi connectivity index (χ3n) is 2.60. The van der Waals surface area contributed by atoms with E-state index >= 15 is 0 Å². The van der Waals surface area contributed by atoms with Crippen molar-refractivity contribution in [3.63, 3.8) is 0 Å². The fourth-order valence-corrected chi connectivity index (χ4v) is 2.04. The second-order valence-electron chi connectivity index (χ2n) is 4.22. The van der Waals surface area contributed by atoms with Gasteiger partial charge in [0, 0.05) is 9.86 Å². The SMILES string of the molecule is CC(C)C(N)c1cc2cc(Br)cc(F)c2o1. The summed E-state index contributed by atoms with van der Waals surface area (Å²) in [5.41, 5.74) is 6.23. The van der Waals surface area contributed by atoms with E-state index in [-0.39, 0.29) is 23.4 Å². The molecule has 0 amide bonds. The molecule has 1 unspecified atom stereocenters. The summed E-state index contributed by atoms with van der Waals surface area (Å²) < 4.78 is 19.7.